The molecule has 0 fully saturated rings. The van der Waals surface area contributed by atoms with Crippen molar-refractivity contribution in [2.24, 2.45) is 0 Å². The number of ether oxygens (including phenoxy) is 1. The van der Waals surface area contributed by atoms with Gasteiger partial charge in [0.25, 0.3) is 0 Å². The fourth-order valence-corrected chi connectivity index (χ4v) is 3.48. The Morgan fingerprint density at radius 2 is 1.84 bits per heavy atom. The number of aryl methyl sites for hydroxylation is 4. The molecule has 0 atom stereocenters. The summed E-state index contributed by atoms with van der Waals surface area (Å²) in [6.07, 6.45) is 0.883. The van der Waals surface area contributed by atoms with Crippen LogP contribution < -0.4 is 10.4 Å². The molecule has 4 rings (SSSR count). The lowest BCUT2D eigenvalue weighted by Gasteiger charge is -2.15. The third-order valence-electron chi connectivity index (χ3n) is 5.24. The Morgan fingerprint density at radius 3 is 2.58 bits per heavy atom. The highest BCUT2D eigenvalue weighted by atomic mass is 16.5. The highest BCUT2D eigenvalue weighted by Gasteiger charge is 2.15. The van der Waals surface area contributed by atoms with Gasteiger partial charge in [0, 0.05) is 22.4 Å². The van der Waals surface area contributed by atoms with Crippen molar-refractivity contribution < 1.29 is 4.74 Å². The molecule has 0 spiro atoms. The zero-order valence-corrected chi connectivity index (χ0v) is 18.0. The Kier molecular flexibility index (Phi) is 5.62. The van der Waals surface area contributed by atoms with Gasteiger partial charge in [-0.1, -0.05) is 25.1 Å². The molecule has 3 heterocycles. The van der Waals surface area contributed by atoms with Crippen molar-refractivity contribution in [3.63, 3.8) is 0 Å². The normalized spacial score (nSPS) is 11.0. The SMILES string of the molecule is CCc1cccc(-c2cc(C)c(OCc3c(C)cccc3-n3nn[nH]c3=O)nc2C)n1. The molecule has 3 aromatic heterocycles. The van der Waals surface area contributed by atoms with E-state index >= 15 is 0 Å². The summed E-state index contributed by atoms with van der Waals surface area (Å²) in [6, 6.07) is 13.8. The number of hydrogen-bond donors (Lipinski definition) is 1. The quantitative estimate of drug-likeness (QED) is 0.517. The molecule has 158 valence electrons. The molecule has 4 aromatic rings. The summed E-state index contributed by atoms with van der Waals surface area (Å²) in [5.74, 6) is 0.551. The van der Waals surface area contributed by atoms with Crippen molar-refractivity contribution in [1.82, 2.24) is 30.2 Å². The molecule has 0 aliphatic carbocycles. The van der Waals surface area contributed by atoms with Crippen LogP contribution in [0.2, 0.25) is 0 Å². The van der Waals surface area contributed by atoms with E-state index in [-0.39, 0.29) is 6.61 Å². The lowest BCUT2D eigenvalue weighted by atomic mass is 10.1. The van der Waals surface area contributed by atoms with Crippen LogP contribution in [-0.4, -0.2) is 30.2 Å². The topological polar surface area (TPSA) is 98.6 Å². The first kappa shape index (κ1) is 20.5. The van der Waals surface area contributed by atoms with Crippen LogP contribution in [0, 0.1) is 20.8 Å². The number of aromatic amines is 1. The molecular weight excluding hydrogens is 392 g/mol. The number of tetrazole rings is 1. The first-order valence-corrected chi connectivity index (χ1v) is 10.1. The van der Waals surface area contributed by atoms with Gasteiger partial charge in [0.1, 0.15) is 6.61 Å². The van der Waals surface area contributed by atoms with Gasteiger partial charge in [-0.2, -0.15) is 4.68 Å². The van der Waals surface area contributed by atoms with Crippen LogP contribution >= 0.6 is 0 Å². The summed E-state index contributed by atoms with van der Waals surface area (Å²) in [4.78, 5) is 21.4. The van der Waals surface area contributed by atoms with Gasteiger partial charge in [0.2, 0.25) is 5.88 Å². The van der Waals surface area contributed by atoms with E-state index in [9.17, 15) is 4.79 Å². The van der Waals surface area contributed by atoms with Gasteiger partial charge in [-0.15, -0.1) is 0 Å². The van der Waals surface area contributed by atoms with Crippen LogP contribution in [0.15, 0.2) is 47.3 Å². The van der Waals surface area contributed by atoms with E-state index in [2.05, 4.69) is 28.5 Å². The van der Waals surface area contributed by atoms with E-state index in [1.807, 2.05) is 57.2 Å². The monoisotopic (exact) mass is 416 g/mol. The van der Waals surface area contributed by atoms with Crippen molar-refractivity contribution in [2.75, 3.05) is 0 Å². The Hall–Kier alpha value is -3.81. The molecule has 8 nitrogen and oxygen atoms in total. The highest BCUT2D eigenvalue weighted by molar-refractivity contribution is 5.63. The third kappa shape index (κ3) is 4.09. The van der Waals surface area contributed by atoms with E-state index in [4.69, 9.17) is 14.7 Å². The summed E-state index contributed by atoms with van der Waals surface area (Å²) in [5.41, 5.74) is 6.77. The Labute approximate surface area is 179 Å². The van der Waals surface area contributed by atoms with Crippen LogP contribution in [-0.2, 0) is 13.0 Å². The van der Waals surface area contributed by atoms with Crippen molar-refractivity contribution in [3.8, 4) is 22.8 Å². The minimum atomic E-state index is -0.400. The second-order valence-corrected chi connectivity index (χ2v) is 7.39. The van der Waals surface area contributed by atoms with Gasteiger partial charge in [-0.3, -0.25) is 4.98 Å². The predicted molar refractivity (Wildman–Crippen MR) is 117 cm³/mol. The molecule has 0 bridgehead atoms. The lowest BCUT2D eigenvalue weighted by Crippen LogP contribution is -2.18. The first-order valence-electron chi connectivity index (χ1n) is 10.1. The van der Waals surface area contributed by atoms with Gasteiger partial charge in [-0.25, -0.2) is 14.9 Å². The van der Waals surface area contributed by atoms with Gasteiger partial charge in [0.15, 0.2) is 0 Å². The van der Waals surface area contributed by atoms with E-state index < -0.39 is 5.69 Å². The summed E-state index contributed by atoms with van der Waals surface area (Å²) < 4.78 is 7.32. The largest absolute Gasteiger partial charge is 0.473 e. The molecule has 0 amide bonds. The maximum Gasteiger partial charge on any atom is 0.365 e. The highest BCUT2D eigenvalue weighted by Crippen LogP contribution is 2.28. The first-order chi connectivity index (χ1) is 15.0. The van der Waals surface area contributed by atoms with Crippen molar-refractivity contribution in [3.05, 3.63) is 81.0 Å². The van der Waals surface area contributed by atoms with Crippen LogP contribution in [0.3, 0.4) is 0 Å². The van der Waals surface area contributed by atoms with Gasteiger partial charge >= 0.3 is 5.69 Å². The molecule has 31 heavy (non-hydrogen) atoms. The smallest absolute Gasteiger partial charge is 0.365 e. The summed E-state index contributed by atoms with van der Waals surface area (Å²) in [6.45, 7) is 8.23. The molecule has 0 radical (unpaired) electrons. The average Bonchev–Trinajstić information content (AvgIpc) is 3.20. The zero-order chi connectivity index (χ0) is 22.0. The fourth-order valence-electron chi connectivity index (χ4n) is 3.48. The lowest BCUT2D eigenvalue weighted by molar-refractivity contribution is 0.290. The number of H-pyrrole nitrogens is 1. The Balaban J connectivity index is 1.64. The minimum absolute atomic E-state index is 0.248. The fraction of sp³-hybridized carbons (Fsp3) is 0.261. The molecule has 1 aromatic carbocycles. The summed E-state index contributed by atoms with van der Waals surface area (Å²) in [7, 11) is 0. The number of rotatable bonds is 6. The number of hydrogen-bond acceptors (Lipinski definition) is 6. The van der Waals surface area contributed by atoms with Crippen molar-refractivity contribution in [2.45, 2.75) is 40.7 Å². The third-order valence-corrected chi connectivity index (χ3v) is 5.24. The Morgan fingerprint density at radius 1 is 1.03 bits per heavy atom. The predicted octanol–water partition coefficient (Wildman–Crippen LogP) is 3.48. The summed E-state index contributed by atoms with van der Waals surface area (Å²) >= 11 is 0. The van der Waals surface area contributed by atoms with E-state index in [1.54, 1.807) is 0 Å². The van der Waals surface area contributed by atoms with E-state index in [0.717, 1.165) is 45.8 Å². The number of benzene rings is 1. The average molecular weight is 416 g/mol. The molecule has 0 saturated heterocycles. The maximum absolute atomic E-state index is 12.0. The van der Waals surface area contributed by atoms with Crippen LogP contribution in [0.5, 0.6) is 5.88 Å². The van der Waals surface area contributed by atoms with E-state index in [0.29, 0.717) is 11.6 Å². The molecule has 1 N–H and O–H groups in total. The van der Waals surface area contributed by atoms with Crippen LogP contribution in [0.1, 0.15) is 35.0 Å². The molecule has 0 unspecified atom stereocenters. The number of nitrogens with one attached hydrogen (secondary N) is 1. The minimum Gasteiger partial charge on any atom is -0.473 e. The molecule has 0 saturated carbocycles. The van der Waals surface area contributed by atoms with E-state index in [1.165, 1.54) is 4.68 Å². The Bertz CT molecular complexity index is 1290. The van der Waals surface area contributed by atoms with Gasteiger partial charge in [0.05, 0.1) is 17.1 Å². The van der Waals surface area contributed by atoms with Crippen molar-refractivity contribution >= 4 is 0 Å². The number of pyridine rings is 2. The van der Waals surface area contributed by atoms with Crippen LogP contribution in [0.4, 0.5) is 0 Å². The molecule has 0 aliphatic heterocycles. The standard InChI is InChI=1S/C23H24N6O2/c1-5-17-9-7-10-20(25-17)18-12-15(3)22(24-16(18)4)31-13-19-14(2)8-6-11-21(19)29-23(30)26-27-28-29/h6-12H,5,13H2,1-4H3,(H,26,28,30). The molecule has 8 heteroatoms. The second kappa shape index (κ2) is 8.51. The number of nitrogens with zero attached hydrogens (tertiary/aromatic N) is 5. The second-order valence-electron chi connectivity index (χ2n) is 7.39. The van der Waals surface area contributed by atoms with Gasteiger partial charge in [-0.05, 0) is 67.4 Å². The summed E-state index contributed by atoms with van der Waals surface area (Å²) in [5, 5.41) is 9.76. The van der Waals surface area contributed by atoms with Crippen molar-refractivity contribution in [1.29, 1.82) is 0 Å². The van der Waals surface area contributed by atoms with Crippen LogP contribution in [0.25, 0.3) is 16.9 Å². The molecular formula is C23H24N6O2. The molecule has 0 aliphatic rings. The maximum atomic E-state index is 12.0. The number of aromatic nitrogens is 6. The van der Waals surface area contributed by atoms with Gasteiger partial charge < -0.3 is 4.74 Å². The zero-order valence-electron chi connectivity index (χ0n) is 18.0.